The number of imidazole rings is 1. The van der Waals surface area contributed by atoms with Crippen molar-refractivity contribution in [3.8, 4) is 5.82 Å². The maximum atomic E-state index is 4.78. The van der Waals surface area contributed by atoms with Crippen molar-refractivity contribution in [3.63, 3.8) is 0 Å². The topological polar surface area (TPSA) is 70.4 Å². The van der Waals surface area contributed by atoms with Gasteiger partial charge in [0.25, 0.3) is 0 Å². The lowest BCUT2D eigenvalue weighted by Gasteiger charge is -2.22. The fourth-order valence-corrected chi connectivity index (χ4v) is 4.02. The van der Waals surface area contributed by atoms with E-state index in [4.69, 9.17) is 4.99 Å². The van der Waals surface area contributed by atoms with Crippen molar-refractivity contribution in [2.75, 3.05) is 24.5 Å². The van der Waals surface area contributed by atoms with Gasteiger partial charge in [0.2, 0.25) is 0 Å². The molecule has 33 heavy (non-hydrogen) atoms. The predicted octanol–water partition coefficient (Wildman–Crippen LogP) is 4.61. The van der Waals surface area contributed by atoms with Crippen LogP contribution in [0.15, 0.2) is 60.0 Å². The number of aliphatic imine (C=N–C) groups is 1. The van der Waals surface area contributed by atoms with E-state index in [-0.39, 0.29) is 30.0 Å². The number of anilines is 1. The fourth-order valence-electron chi connectivity index (χ4n) is 4.02. The Kier molecular flexibility index (Phi) is 9.11. The van der Waals surface area contributed by atoms with Gasteiger partial charge in [-0.1, -0.05) is 18.2 Å². The molecule has 1 aliphatic heterocycles. The summed E-state index contributed by atoms with van der Waals surface area (Å²) in [5.41, 5.74) is 3.64. The van der Waals surface area contributed by atoms with Crippen LogP contribution < -0.4 is 15.5 Å². The first-order chi connectivity index (χ1) is 15.6. The third-order valence-corrected chi connectivity index (χ3v) is 5.84. The summed E-state index contributed by atoms with van der Waals surface area (Å²) in [6, 6.07) is 13.1. The van der Waals surface area contributed by atoms with Crippen LogP contribution in [0.4, 0.5) is 5.69 Å². The second kappa shape index (κ2) is 12.0. The van der Waals surface area contributed by atoms with E-state index in [1.54, 1.807) is 6.20 Å². The number of pyridine rings is 1. The number of hydrogen-bond acceptors (Lipinski definition) is 4. The first-order valence-electron chi connectivity index (χ1n) is 11.5. The third kappa shape index (κ3) is 6.46. The highest BCUT2D eigenvalue weighted by molar-refractivity contribution is 14.0. The molecule has 7 nitrogen and oxygen atoms in total. The Balaban J connectivity index is 0.00000306. The summed E-state index contributed by atoms with van der Waals surface area (Å²) in [6.45, 7) is 9.91. The van der Waals surface area contributed by atoms with Crippen LogP contribution in [0.5, 0.6) is 0 Å². The lowest BCUT2D eigenvalue weighted by molar-refractivity contribution is 0.686. The summed E-state index contributed by atoms with van der Waals surface area (Å²) in [6.07, 6.45) is 8.15. The molecule has 8 heteroatoms. The van der Waals surface area contributed by atoms with Crippen LogP contribution in [0.2, 0.25) is 0 Å². The number of aromatic nitrogens is 3. The zero-order chi connectivity index (χ0) is 22.3. The summed E-state index contributed by atoms with van der Waals surface area (Å²) in [5.74, 6) is 2.59. The Labute approximate surface area is 213 Å². The van der Waals surface area contributed by atoms with Gasteiger partial charge in [-0.2, -0.15) is 0 Å². The van der Waals surface area contributed by atoms with Crippen LogP contribution in [0.3, 0.4) is 0 Å². The molecule has 2 N–H and O–H groups in total. The third-order valence-electron chi connectivity index (χ3n) is 5.84. The molecule has 1 aliphatic rings. The maximum absolute atomic E-state index is 4.78. The summed E-state index contributed by atoms with van der Waals surface area (Å²) in [7, 11) is 0. The van der Waals surface area contributed by atoms with Crippen LogP contribution in [0.25, 0.3) is 5.82 Å². The predicted molar refractivity (Wildman–Crippen MR) is 146 cm³/mol. The van der Waals surface area contributed by atoms with Crippen LogP contribution in [-0.4, -0.2) is 40.1 Å². The molecule has 0 radical (unpaired) electrons. The molecule has 1 atom stereocenters. The molecule has 1 saturated heterocycles. The van der Waals surface area contributed by atoms with Gasteiger partial charge in [0.1, 0.15) is 11.6 Å². The Morgan fingerprint density at radius 3 is 2.64 bits per heavy atom. The van der Waals surface area contributed by atoms with E-state index in [1.165, 1.54) is 24.1 Å². The minimum absolute atomic E-state index is 0. The lowest BCUT2D eigenvalue weighted by Crippen LogP contribution is -2.38. The Morgan fingerprint density at radius 2 is 1.97 bits per heavy atom. The van der Waals surface area contributed by atoms with E-state index in [1.807, 2.05) is 30.0 Å². The van der Waals surface area contributed by atoms with Crippen LogP contribution in [0.1, 0.15) is 49.7 Å². The van der Waals surface area contributed by atoms with Gasteiger partial charge in [0, 0.05) is 43.9 Å². The van der Waals surface area contributed by atoms with E-state index >= 15 is 0 Å². The highest BCUT2D eigenvalue weighted by Crippen LogP contribution is 2.24. The number of guanidine groups is 1. The van der Waals surface area contributed by atoms with Crippen molar-refractivity contribution in [1.82, 2.24) is 25.2 Å². The van der Waals surface area contributed by atoms with E-state index in [9.17, 15) is 0 Å². The zero-order valence-electron chi connectivity index (χ0n) is 19.7. The van der Waals surface area contributed by atoms with Gasteiger partial charge in [0.05, 0.1) is 12.6 Å². The summed E-state index contributed by atoms with van der Waals surface area (Å²) < 4.78 is 1.97. The van der Waals surface area contributed by atoms with Gasteiger partial charge >= 0.3 is 0 Å². The monoisotopic (exact) mass is 559 g/mol. The molecule has 3 aromatic rings. The van der Waals surface area contributed by atoms with Gasteiger partial charge < -0.3 is 15.5 Å². The Bertz CT molecular complexity index is 1040. The molecule has 0 amide bonds. The average Bonchev–Trinajstić information content (AvgIpc) is 3.50. The number of halogens is 1. The smallest absolute Gasteiger partial charge is 0.192 e. The number of benzene rings is 1. The SMILES string of the molecule is CCNC(=NCc1ccc(-n2ccnc2C)nc1)NC(C)c1cccc(N2CCCC2)c1.I. The van der Waals surface area contributed by atoms with E-state index in [0.29, 0.717) is 6.54 Å². The summed E-state index contributed by atoms with van der Waals surface area (Å²) in [5, 5.41) is 6.91. The van der Waals surface area contributed by atoms with E-state index in [0.717, 1.165) is 42.8 Å². The van der Waals surface area contributed by atoms with Gasteiger partial charge in [-0.15, -0.1) is 24.0 Å². The molecule has 2 aromatic heterocycles. The van der Waals surface area contributed by atoms with Gasteiger partial charge in [-0.05, 0) is 62.9 Å². The van der Waals surface area contributed by atoms with Crippen molar-refractivity contribution in [2.24, 2.45) is 4.99 Å². The second-order valence-corrected chi connectivity index (χ2v) is 8.22. The molecule has 0 spiro atoms. The van der Waals surface area contributed by atoms with Gasteiger partial charge in [-0.3, -0.25) is 4.57 Å². The average molecular weight is 560 g/mol. The number of nitrogens with zero attached hydrogens (tertiary/aromatic N) is 5. The van der Waals surface area contributed by atoms with Crippen molar-refractivity contribution < 1.29 is 0 Å². The second-order valence-electron chi connectivity index (χ2n) is 8.22. The van der Waals surface area contributed by atoms with E-state index < -0.39 is 0 Å². The number of hydrogen-bond donors (Lipinski definition) is 2. The van der Waals surface area contributed by atoms with Crippen LogP contribution in [-0.2, 0) is 6.54 Å². The van der Waals surface area contributed by atoms with E-state index in [2.05, 4.69) is 69.7 Å². The normalized spacial score (nSPS) is 14.6. The van der Waals surface area contributed by atoms with Gasteiger partial charge in [-0.25, -0.2) is 15.0 Å². The fraction of sp³-hybridized carbons (Fsp3) is 0.400. The molecule has 1 fully saturated rings. The highest BCUT2D eigenvalue weighted by atomic mass is 127. The van der Waals surface area contributed by atoms with Crippen molar-refractivity contribution in [2.45, 2.75) is 46.2 Å². The van der Waals surface area contributed by atoms with Gasteiger partial charge in [0.15, 0.2) is 5.96 Å². The van der Waals surface area contributed by atoms with Crippen LogP contribution in [0, 0.1) is 6.92 Å². The molecular formula is C25H34IN7. The standard InChI is InChI=1S/C25H33N7.HI/c1-4-26-25(29-18-21-10-11-24(28-17-21)32-15-12-27-20(32)3)30-19(2)22-8-7-9-23(16-22)31-13-5-6-14-31;/h7-12,15-17,19H,4-6,13-14,18H2,1-3H3,(H2,26,29,30);1H. The largest absolute Gasteiger partial charge is 0.372 e. The van der Waals surface area contributed by atoms with Crippen molar-refractivity contribution in [3.05, 3.63) is 71.9 Å². The van der Waals surface area contributed by atoms with Crippen molar-refractivity contribution >= 4 is 35.6 Å². The molecule has 0 bridgehead atoms. The summed E-state index contributed by atoms with van der Waals surface area (Å²) >= 11 is 0. The maximum Gasteiger partial charge on any atom is 0.192 e. The number of rotatable bonds is 7. The zero-order valence-corrected chi connectivity index (χ0v) is 22.0. The first kappa shape index (κ1) is 25.0. The molecule has 3 heterocycles. The molecule has 4 rings (SSSR count). The molecule has 0 aliphatic carbocycles. The minimum atomic E-state index is 0. The molecular weight excluding hydrogens is 525 g/mol. The molecule has 176 valence electrons. The molecule has 1 unspecified atom stereocenters. The summed E-state index contributed by atoms with van der Waals surface area (Å²) in [4.78, 5) is 16.1. The number of aryl methyl sites for hydroxylation is 1. The quantitative estimate of drug-likeness (QED) is 0.252. The van der Waals surface area contributed by atoms with Crippen LogP contribution >= 0.6 is 24.0 Å². The lowest BCUT2D eigenvalue weighted by atomic mass is 10.1. The Hall–Kier alpha value is -2.62. The minimum Gasteiger partial charge on any atom is -0.372 e. The molecule has 1 aromatic carbocycles. The number of nitrogens with one attached hydrogen (secondary N) is 2. The first-order valence-corrected chi connectivity index (χ1v) is 11.5. The highest BCUT2D eigenvalue weighted by Gasteiger charge is 2.14. The molecule has 0 saturated carbocycles. The Morgan fingerprint density at radius 1 is 1.15 bits per heavy atom. The van der Waals surface area contributed by atoms with Crippen molar-refractivity contribution in [1.29, 1.82) is 0 Å².